The van der Waals surface area contributed by atoms with Crippen LogP contribution in [0.2, 0.25) is 0 Å². The van der Waals surface area contributed by atoms with E-state index in [0.717, 1.165) is 32.6 Å². The summed E-state index contributed by atoms with van der Waals surface area (Å²) in [7, 11) is 0. The molecule has 0 spiro atoms. The van der Waals surface area contributed by atoms with Crippen LogP contribution in [0.1, 0.15) is 30.9 Å². The van der Waals surface area contributed by atoms with Gasteiger partial charge in [-0.1, -0.05) is 31.0 Å². The fourth-order valence-corrected chi connectivity index (χ4v) is 3.11. The van der Waals surface area contributed by atoms with Crippen LogP contribution in [0.4, 0.5) is 13.2 Å². The van der Waals surface area contributed by atoms with Crippen molar-refractivity contribution in [2.45, 2.75) is 31.7 Å². The number of alkyl halides is 3. The maximum atomic E-state index is 12.7. The molecule has 1 aromatic carbocycles. The number of hydrogen-bond donors (Lipinski definition) is 1. The Morgan fingerprint density at radius 3 is 2.43 bits per heavy atom. The standard InChI is InChI=1S/C16H21F3N2O.ClH/c17-16(18,19)22-15-4-2-1-3-13(15)14(11-12-5-6-12)21-9-7-20-8-10-21;/h1-4,12,14,20H,5-11H2;1H/t14-;/m1./s1. The van der Waals surface area contributed by atoms with Crippen molar-refractivity contribution in [3.8, 4) is 5.75 Å². The third-order valence-electron chi connectivity index (χ3n) is 4.35. The average molecular weight is 351 g/mol. The smallest absolute Gasteiger partial charge is 0.405 e. The third kappa shape index (κ3) is 5.26. The lowest BCUT2D eigenvalue weighted by Gasteiger charge is -2.36. The van der Waals surface area contributed by atoms with E-state index in [2.05, 4.69) is 15.0 Å². The van der Waals surface area contributed by atoms with Gasteiger partial charge in [0.05, 0.1) is 0 Å². The van der Waals surface area contributed by atoms with Gasteiger partial charge in [-0.15, -0.1) is 25.6 Å². The number of para-hydroxylation sites is 1. The van der Waals surface area contributed by atoms with Crippen molar-refractivity contribution in [3.63, 3.8) is 0 Å². The molecule has 1 aliphatic heterocycles. The Bertz CT molecular complexity index is 502. The van der Waals surface area contributed by atoms with Gasteiger partial charge in [0.15, 0.2) is 0 Å². The molecule has 1 heterocycles. The Hall–Kier alpha value is -0.980. The van der Waals surface area contributed by atoms with Gasteiger partial charge in [-0.3, -0.25) is 4.90 Å². The summed E-state index contributed by atoms with van der Waals surface area (Å²) in [5.41, 5.74) is 0.661. The summed E-state index contributed by atoms with van der Waals surface area (Å²) in [4.78, 5) is 2.29. The second-order valence-electron chi connectivity index (χ2n) is 6.07. The van der Waals surface area contributed by atoms with Crippen LogP contribution in [0.5, 0.6) is 5.75 Å². The Morgan fingerprint density at radius 2 is 1.83 bits per heavy atom. The molecule has 1 aromatic rings. The summed E-state index contributed by atoms with van der Waals surface area (Å²) in [5, 5.41) is 3.29. The lowest BCUT2D eigenvalue weighted by atomic mass is 9.97. The molecule has 2 fully saturated rings. The van der Waals surface area contributed by atoms with E-state index in [1.54, 1.807) is 18.2 Å². The molecular formula is C16H22ClF3N2O. The molecule has 7 heteroatoms. The zero-order valence-electron chi connectivity index (χ0n) is 12.8. The number of rotatable bonds is 5. The van der Waals surface area contributed by atoms with E-state index in [1.807, 2.05) is 0 Å². The molecule has 1 N–H and O–H groups in total. The Kier molecular flexibility index (Phi) is 6.17. The lowest BCUT2D eigenvalue weighted by molar-refractivity contribution is -0.275. The number of nitrogens with zero attached hydrogens (tertiary/aromatic N) is 1. The van der Waals surface area contributed by atoms with E-state index in [0.29, 0.717) is 11.5 Å². The Morgan fingerprint density at radius 1 is 1.17 bits per heavy atom. The van der Waals surface area contributed by atoms with Crippen molar-refractivity contribution in [1.29, 1.82) is 0 Å². The Balaban J connectivity index is 0.00000192. The quantitative estimate of drug-likeness (QED) is 0.875. The second kappa shape index (κ2) is 7.73. The number of halogens is 4. The number of hydrogen-bond acceptors (Lipinski definition) is 3. The van der Waals surface area contributed by atoms with Crippen LogP contribution in [0, 0.1) is 5.92 Å². The molecule has 1 saturated carbocycles. The number of benzene rings is 1. The fourth-order valence-electron chi connectivity index (χ4n) is 3.11. The molecule has 0 unspecified atom stereocenters. The van der Waals surface area contributed by atoms with Gasteiger partial charge < -0.3 is 10.1 Å². The van der Waals surface area contributed by atoms with Crippen molar-refractivity contribution in [1.82, 2.24) is 10.2 Å². The fraction of sp³-hybridized carbons (Fsp3) is 0.625. The minimum absolute atomic E-state index is 0. The first-order valence-corrected chi connectivity index (χ1v) is 7.82. The predicted molar refractivity (Wildman–Crippen MR) is 84.9 cm³/mol. The van der Waals surface area contributed by atoms with Gasteiger partial charge in [0.2, 0.25) is 0 Å². The Labute approximate surface area is 140 Å². The molecule has 2 aliphatic rings. The van der Waals surface area contributed by atoms with Crippen molar-refractivity contribution >= 4 is 12.4 Å². The van der Waals surface area contributed by atoms with Crippen LogP contribution < -0.4 is 10.1 Å². The number of piperazine rings is 1. The van der Waals surface area contributed by atoms with E-state index in [-0.39, 0.29) is 24.2 Å². The summed E-state index contributed by atoms with van der Waals surface area (Å²) in [6, 6.07) is 6.59. The molecule has 0 bridgehead atoms. The van der Waals surface area contributed by atoms with Gasteiger partial charge >= 0.3 is 6.36 Å². The maximum absolute atomic E-state index is 12.7. The normalized spacial score (nSPS) is 20.7. The van der Waals surface area contributed by atoms with Crippen molar-refractivity contribution < 1.29 is 17.9 Å². The molecule has 1 aliphatic carbocycles. The summed E-state index contributed by atoms with van der Waals surface area (Å²) in [6.45, 7) is 3.47. The SMILES string of the molecule is Cl.FC(F)(F)Oc1ccccc1[C@@H](CC1CC1)N1CCNCC1. The highest BCUT2D eigenvalue weighted by molar-refractivity contribution is 5.85. The van der Waals surface area contributed by atoms with Crippen molar-refractivity contribution in [2.75, 3.05) is 26.2 Å². The predicted octanol–water partition coefficient (Wildman–Crippen LogP) is 3.75. The summed E-state index contributed by atoms with van der Waals surface area (Å²) in [6.07, 6.45) is -1.36. The molecule has 1 saturated heterocycles. The van der Waals surface area contributed by atoms with E-state index in [1.165, 1.54) is 18.9 Å². The highest BCUT2D eigenvalue weighted by Gasteiger charge is 2.36. The summed E-state index contributed by atoms with van der Waals surface area (Å²) in [5.74, 6) is 0.581. The number of ether oxygens (including phenoxy) is 1. The second-order valence-corrected chi connectivity index (χ2v) is 6.07. The lowest BCUT2D eigenvalue weighted by Crippen LogP contribution is -2.45. The van der Waals surface area contributed by atoms with E-state index in [9.17, 15) is 13.2 Å². The average Bonchev–Trinajstić information content (AvgIpc) is 3.29. The van der Waals surface area contributed by atoms with Gasteiger partial charge in [0, 0.05) is 37.8 Å². The van der Waals surface area contributed by atoms with E-state index < -0.39 is 6.36 Å². The minimum atomic E-state index is -4.65. The monoisotopic (exact) mass is 350 g/mol. The highest BCUT2D eigenvalue weighted by Crippen LogP contribution is 2.43. The minimum Gasteiger partial charge on any atom is -0.405 e. The molecule has 130 valence electrons. The summed E-state index contributed by atoms with van der Waals surface area (Å²) >= 11 is 0. The first kappa shape index (κ1) is 18.4. The van der Waals surface area contributed by atoms with Crippen molar-refractivity contribution in [3.05, 3.63) is 29.8 Å². The molecule has 23 heavy (non-hydrogen) atoms. The van der Waals surface area contributed by atoms with Gasteiger partial charge in [0.1, 0.15) is 5.75 Å². The molecule has 0 radical (unpaired) electrons. The zero-order valence-corrected chi connectivity index (χ0v) is 13.6. The largest absolute Gasteiger partial charge is 0.573 e. The van der Waals surface area contributed by atoms with E-state index in [4.69, 9.17) is 0 Å². The van der Waals surface area contributed by atoms with Crippen LogP contribution >= 0.6 is 12.4 Å². The molecule has 3 rings (SSSR count). The topological polar surface area (TPSA) is 24.5 Å². The molecule has 1 atom stereocenters. The van der Waals surface area contributed by atoms with Gasteiger partial charge in [-0.25, -0.2) is 0 Å². The molecule has 0 aromatic heterocycles. The van der Waals surface area contributed by atoms with Gasteiger partial charge in [-0.2, -0.15) is 0 Å². The van der Waals surface area contributed by atoms with Crippen LogP contribution in [-0.2, 0) is 0 Å². The first-order chi connectivity index (χ1) is 10.5. The molecule has 0 amide bonds. The third-order valence-corrected chi connectivity index (χ3v) is 4.35. The van der Waals surface area contributed by atoms with Crippen LogP contribution in [0.3, 0.4) is 0 Å². The highest BCUT2D eigenvalue weighted by atomic mass is 35.5. The number of nitrogens with one attached hydrogen (secondary N) is 1. The van der Waals surface area contributed by atoms with Gasteiger partial charge in [0.25, 0.3) is 0 Å². The van der Waals surface area contributed by atoms with Crippen molar-refractivity contribution in [2.24, 2.45) is 5.92 Å². The molecule has 3 nitrogen and oxygen atoms in total. The molecular weight excluding hydrogens is 329 g/mol. The van der Waals surface area contributed by atoms with Crippen LogP contribution in [0.15, 0.2) is 24.3 Å². The van der Waals surface area contributed by atoms with Crippen LogP contribution in [0.25, 0.3) is 0 Å². The summed E-state index contributed by atoms with van der Waals surface area (Å²) < 4.78 is 42.2. The first-order valence-electron chi connectivity index (χ1n) is 7.82. The van der Waals surface area contributed by atoms with Gasteiger partial charge in [-0.05, 0) is 18.4 Å². The maximum Gasteiger partial charge on any atom is 0.573 e. The van der Waals surface area contributed by atoms with Crippen LogP contribution in [-0.4, -0.2) is 37.4 Å². The zero-order chi connectivity index (χ0) is 15.6. The van der Waals surface area contributed by atoms with E-state index >= 15 is 0 Å².